The summed E-state index contributed by atoms with van der Waals surface area (Å²) in [6.45, 7) is 0. The molecule has 0 heterocycles. The summed E-state index contributed by atoms with van der Waals surface area (Å²) in [5, 5.41) is 9.91. The van der Waals surface area contributed by atoms with Crippen LogP contribution < -0.4 is 0 Å². The Morgan fingerprint density at radius 2 is 1.55 bits per heavy atom. The fourth-order valence-electron chi connectivity index (χ4n) is 2.01. The van der Waals surface area contributed by atoms with Gasteiger partial charge >= 0.3 is 5.50 Å². The van der Waals surface area contributed by atoms with Crippen molar-refractivity contribution in [1.82, 2.24) is 0 Å². The first-order chi connectivity index (χ1) is 10.3. The maximum absolute atomic E-state index is 12.8. The Morgan fingerprint density at radius 3 is 2.05 bits per heavy atom. The summed E-state index contributed by atoms with van der Waals surface area (Å²) in [7, 11) is -4.05. The predicted octanol–water partition coefficient (Wildman–Crippen LogP) is 3.70. The molecule has 5 nitrogen and oxygen atoms in total. The monoisotopic (exact) mass is 359 g/mol. The Hall–Kier alpha value is -1.63. The van der Waals surface area contributed by atoms with Crippen molar-refractivity contribution in [3.8, 4) is 0 Å². The lowest BCUT2D eigenvalue weighted by molar-refractivity contribution is -0.498. The quantitative estimate of drug-likeness (QED) is 0.353. The third-order valence-corrected chi connectivity index (χ3v) is 6.00. The number of sulfone groups is 1. The van der Waals surface area contributed by atoms with Crippen LogP contribution in [0.25, 0.3) is 0 Å². The largest absolute Gasteiger partial charge is 0.307 e. The lowest BCUT2D eigenvalue weighted by Gasteiger charge is -2.18. The number of rotatable bonds is 5. The molecule has 2 unspecified atom stereocenters. The molecule has 116 valence electrons. The molecule has 2 aromatic rings. The van der Waals surface area contributed by atoms with E-state index in [0.717, 1.165) is 0 Å². The molecule has 0 aromatic heterocycles. The molecule has 0 bridgehead atoms. The Labute approximate surface area is 137 Å². The summed E-state index contributed by atoms with van der Waals surface area (Å²) in [5.41, 5.74) is -1.54. The minimum Gasteiger partial charge on any atom is -0.263 e. The Bertz CT molecular complexity index is 763. The van der Waals surface area contributed by atoms with E-state index in [-0.39, 0.29) is 10.5 Å². The molecule has 0 aliphatic rings. The van der Waals surface area contributed by atoms with E-state index in [1.54, 1.807) is 18.2 Å². The molecule has 0 fully saturated rings. The van der Waals surface area contributed by atoms with Crippen LogP contribution in [0, 0.1) is 10.1 Å². The minimum atomic E-state index is -4.05. The van der Waals surface area contributed by atoms with Gasteiger partial charge in [-0.15, -0.1) is 0 Å². The van der Waals surface area contributed by atoms with Gasteiger partial charge in [-0.1, -0.05) is 41.9 Å². The molecule has 2 aromatic carbocycles. The fraction of sp³-hybridized carbons (Fsp3) is 0.143. The van der Waals surface area contributed by atoms with E-state index in [1.807, 2.05) is 0 Å². The average Bonchev–Trinajstić information content (AvgIpc) is 2.48. The van der Waals surface area contributed by atoms with E-state index in [0.29, 0.717) is 5.02 Å². The highest BCUT2D eigenvalue weighted by Gasteiger charge is 2.42. The lowest BCUT2D eigenvalue weighted by Crippen LogP contribution is -2.28. The van der Waals surface area contributed by atoms with E-state index in [9.17, 15) is 18.5 Å². The van der Waals surface area contributed by atoms with Crippen molar-refractivity contribution in [3.63, 3.8) is 0 Å². The second-order valence-corrected chi connectivity index (χ2v) is 7.44. The van der Waals surface area contributed by atoms with Gasteiger partial charge in [0.2, 0.25) is 0 Å². The second-order valence-electron chi connectivity index (χ2n) is 4.49. The Balaban J connectivity index is 2.58. The molecule has 8 heteroatoms. The number of nitro groups is 1. The van der Waals surface area contributed by atoms with Gasteiger partial charge in [-0.05, 0) is 41.4 Å². The Kier molecular flexibility index (Phi) is 5.05. The zero-order chi connectivity index (χ0) is 16.3. The van der Waals surface area contributed by atoms with Crippen molar-refractivity contribution in [1.29, 1.82) is 0 Å². The summed E-state index contributed by atoms with van der Waals surface area (Å²) in [6, 6.07) is 13.3. The van der Waals surface area contributed by atoms with Crippen molar-refractivity contribution in [2.24, 2.45) is 0 Å². The van der Waals surface area contributed by atoms with Gasteiger partial charge < -0.3 is 0 Å². The van der Waals surface area contributed by atoms with Crippen LogP contribution in [0.1, 0.15) is 10.8 Å². The van der Waals surface area contributed by atoms with Crippen LogP contribution in [0.2, 0.25) is 5.02 Å². The molecular weight excluding hydrogens is 349 g/mol. The van der Waals surface area contributed by atoms with Gasteiger partial charge in [0.25, 0.3) is 0 Å². The van der Waals surface area contributed by atoms with Crippen LogP contribution in [-0.2, 0) is 9.84 Å². The highest BCUT2D eigenvalue weighted by molar-refractivity contribution is 7.91. The average molecular weight is 360 g/mol. The van der Waals surface area contributed by atoms with Crippen molar-refractivity contribution < 1.29 is 13.3 Å². The van der Waals surface area contributed by atoms with Gasteiger partial charge in [-0.3, -0.25) is 10.1 Å². The summed E-state index contributed by atoms with van der Waals surface area (Å²) in [4.78, 5) is 10.2. The third-order valence-electron chi connectivity index (χ3n) is 3.06. The van der Waals surface area contributed by atoms with Crippen molar-refractivity contribution in [2.45, 2.75) is 15.6 Å². The van der Waals surface area contributed by atoms with Crippen molar-refractivity contribution >= 4 is 33.0 Å². The smallest absolute Gasteiger partial charge is 0.263 e. The van der Waals surface area contributed by atoms with Gasteiger partial charge in [0.05, 0.1) is 4.90 Å². The molecule has 0 saturated heterocycles. The molecule has 0 spiro atoms. The summed E-state index contributed by atoms with van der Waals surface area (Å²) >= 11 is 11.5. The molecule has 2 rings (SSSR count). The summed E-state index contributed by atoms with van der Waals surface area (Å²) in [5.74, 6) is 0. The maximum atomic E-state index is 12.8. The van der Waals surface area contributed by atoms with Gasteiger partial charge in [0, 0.05) is 9.95 Å². The second kappa shape index (κ2) is 6.64. The number of benzene rings is 2. The maximum Gasteiger partial charge on any atom is 0.307 e. The number of alkyl halides is 1. The zero-order valence-electron chi connectivity index (χ0n) is 11.1. The molecule has 0 amide bonds. The lowest BCUT2D eigenvalue weighted by atomic mass is 10.1. The van der Waals surface area contributed by atoms with E-state index in [1.165, 1.54) is 36.4 Å². The van der Waals surface area contributed by atoms with Crippen LogP contribution in [0.15, 0.2) is 59.5 Å². The highest BCUT2D eigenvalue weighted by Crippen LogP contribution is 2.35. The number of hydrogen-bond acceptors (Lipinski definition) is 4. The van der Waals surface area contributed by atoms with E-state index in [4.69, 9.17) is 23.2 Å². The fourth-order valence-corrected chi connectivity index (χ4v) is 4.41. The normalized spacial score (nSPS) is 14.3. The molecule has 0 N–H and O–H groups in total. The molecule has 22 heavy (non-hydrogen) atoms. The first-order valence-electron chi connectivity index (χ1n) is 6.16. The van der Waals surface area contributed by atoms with Crippen LogP contribution in [0.3, 0.4) is 0 Å². The first kappa shape index (κ1) is 16.7. The van der Waals surface area contributed by atoms with Gasteiger partial charge in [-0.25, -0.2) is 8.42 Å². The number of nitrogens with zero attached hydrogens (tertiary/aromatic N) is 1. The predicted molar refractivity (Wildman–Crippen MR) is 84.5 cm³/mol. The van der Waals surface area contributed by atoms with Crippen molar-refractivity contribution in [3.05, 3.63) is 75.3 Å². The van der Waals surface area contributed by atoms with Gasteiger partial charge in [0.15, 0.2) is 15.1 Å². The van der Waals surface area contributed by atoms with Crippen LogP contribution in [0.4, 0.5) is 0 Å². The van der Waals surface area contributed by atoms with Gasteiger partial charge in [-0.2, -0.15) is 0 Å². The molecular formula is C14H11Cl2NO4S. The van der Waals surface area contributed by atoms with E-state index < -0.39 is 25.5 Å². The highest BCUT2D eigenvalue weighted by atomic mass is 35.5. The third kappa shape index (κ3) is 3.40. The van der Waals surface area contributed by atoms with Crippen LogP contribution in [-0.4, -0.2) is 18.8 Å². The number of halogens is 2. The Morgan fingerprint density at radius 1 is 1.00 bits per heavy atom. The first-order valence-corrected chi connectivity index (χ1v) is 8.52. The van der Waals surface area contributed by atoms with E-state index in [2.05, 4.69) is 0 Å². The zero-order valence-corrected chi connectivity index (χ0v) is 13.4. The topological polar surface area (TPSA) is 77.3 Å². The minimum absolute atomic E-state index is 0.0711. The van der Waals surface area contributed by atoms with E-state index >= 15 is 0 Å². The molecule has 0 radical (unpaired) electrons. The molecule has 0 aliphatic carbocycles. The molecule has 0 aliphatic heterocycles. The van der Waals surface area contributed by atoms with Crippen molar-refractivity contribution in [2.75, 3.05) is 0 Å². The summed E-state index contributed by atoms with van der Waals surface area (Å²) < 4.78 is 25.5. The summed E-state index contributed by atoms with van der Waals surface area (Å²) in [6.07, 6.45) is 0. The SMILES string of the molecule is O=[N+]([O-])C(Cl)C(c1ccccc1)S(=O)(=O)c1ccc(Cl)cc1. The molecule has 0 saturated carbocycles. The van der Waals surface area contributed by atoms with Crippen LogP contribution >= 0.6 is 23.2 Å². The van der Waals surface area contributed by atoms with Gasteiger partial charge in [0.1, 0.15) is 0 Å². The standard InChI is InChI=1S/C14H11Cl2NO4S/c15-11-6-8-12(9-7-11)22(20,21)13(14(16)17(18)19)10-4-2-1-3-5-10/h1-9,13-14H. The number of hydrogen-bond donors (Lipinski definition) is 0. The molecule has 2 atom stereocenters. The van der Waals surface area contributed by atoms with Crippen LogP contribution in [0.5, 0.6) is 0 Å².